The van der Waals surface area contributed by atoms with Gasteiger partial charge < -0.3 is 9.64 Å². The minimum Gasteiger partial charge on any atom is -0.379 e. The molecule has 1 aromatic rings. The zero-order valence-electron chi connectivity index (χ0n) is 14.6. The number of hydrazone groups is 1. The molecule has 0 unspecified atom stereocenters. The summed E-state index contributed by atoms with van der Waals surface area (Å²) in [4.78, 5) is 28.0. The van der Waals surface area contributed by atoms with Gasteiger partial charge in [-0.1, -0.05) is 12.1 Å². The Hall–Kier alpha value is -2.32. The third-order valence-electron chi connectivity index (χ3n) is 4.49. The monoisotopic (exact) mass is 362 g/mol. The number of nitrogens with one attached hydrogen (secondary N) is 1. The number of nitrogens with zero attached hydrogens (tertiary/aromatic N) is 3. The Morgan fingerprint density at radius 2 is 2.12 bits per heavy atom. The van der Waals surface area contributed by atoms with Gasteiger partial charge in [0.1, 0.15) is 11.5 Å². The average Bonchev–Trinajstić information content (AvgIpc) is 2.66. The fraction of sp³-hybridized carbons (Fsp3) is 0.500. The molecular formula is C18H23FN4O3. The van der Waals surface area contributed by atoms with Gasteiger partial charge >= 0.3 is 0 Å². The average molecular weight is 362 g/mol. The summed E-state index contributed by atoms with van der Waals surface area (Å²) >= 11 is 0. The number of hydrogen-bond donors (Lipinski definition) is 1. The Kier molecular flexibility index (Phi) is 6.30. The van der Waals surface area contributed by atoms with E-state index in [0.29, 0.717) is 45.0 Å². The van der Waals surface area contributed by atoms with Crippen LogP contribution in [0.1, 0.15) is 18.4 Å². The maximum atomic E-state index is 13.5. The van der Waals surface area contributed by atoms with Gasteiger partial charge in [0.05, 0.1) is 13.2 Å². The molecule has 26 heavy (non-hydrogen) atoms. The molecule has 1 aromatic carbocycles. The fourth-order valence-electron chi connectivity index (χ4n) is 3.01. The van der Waals surface area contributed by atoms with E-state index in [9.17, 15) is 14.0 Å². The number of amides is 2. The van der Waals surface area contributed by atoms with E-state index in [1.807, 2.05) is 0 Å². The van der Waals surface area contributed by atoms with Crippen molar-refractivity contribution in [3.63, 3.8) is 0 Å². The SMILES string of the molecule is O=C1CCC(C(=O)N(CCN2CCOCC2)Cc2cccc(F)c2)=NN1. The second kappa shape index (κ2) is 8.86. The van der Waals surface area contributed by atoms with Crippen LogP contribution in [-0.2, 0) is 20.9 Å². The van der Waals surface area contributed by atoms with Crippen molar-refractivity contribution in [2.24, 2.45) is 5.10 Å². The number of morpholine rings is 1. The van der Waals surface area contributed by atoms with Crippen molar-refractivity contribution in [1.82, 2.24) is 15.2 Å². The Morgan fingerprint density at radius 1 is 1.31 bits per heavy atom. The quantitative estimate of drug-likeness (QED) is 0.811. The molecule has 0 bridgehead atoms. The van der Waals surface area contributed by atoms with Crippen LogP contribution in [0.3, 0.4) is 0 Å². The standard InChI is InChI=1S/C18H23FN4O3/c19-15-3-1-2-14(12-15)13-23(7-6-22-8-10-26-11-9-22)18(25)16-4-5-17(24)21-20-16/h1-3,12H,4-11,13H2,(H,21,24). The number of halogens is 1. The number of hydrogen-bond acceptors (Lipinski definition) is 5. The van der Waals surface area contributed by atoms with E-state index in [4.69, 9.17) is 4.74 Å². The van der Waals surface area contributed by atoms with Gasteiger partial charge in [-0.25, -0.2) is 9.82 Å². The number of benzene rings is 1. The first-order valence-corrected chi connectivity index (χ1v) is 8.81. The first kappa shape index (κ1) is 18.5. The van der Waals surface area contributed by atoms with Crippen LogP contribution in [0.4, 0.5) is 4.39 Å². The van der Waals surface area contributed by atoms with E-state index < -0.39 is 0 Å². The zero-order valence-corrected chi connectivity index (χ0v) is 14.6. The van der Waals surface area contributed by atoms with E-state index in [-0.39, 0.29) is 24.1 Å². The molecule has 0 atom stereocenters. The third-order valence-corrected chi connectivity index (χ3v) is 4.49. The van der Waals surface area contributed by atoms with Gasteiger partial charge in [-0.15, -0.1) is 0 Å². The summed E-state index contributed by atoms with van der Waals surface area (Å²) in [6.45, 7) is 4.56. The predicted octanol–water partition coefficient (Wildman–Crippen LogP) is 0.753. The summed E-state index contributed by atoms with van der Waals surface area (Å²) in [5, 5.41) is 3.90. The molecule has 0 aliphatic carbocycles. The van der Waals surface area contributed by atoms with Crippen LogP contribution < -0.4 is 5.43 Å². The molecule has 140 valence electrons. The van der Waals surface area contributed by atoms with Gasteiger partial charge in [-0.05, 0) is 17.7 Å². The van der Waals surface area contributed by atoms with Gasteiger partial charge in [0.2, 0.25) is 5.91 Å². The lowest BCUT2D eigenvalue weighted by atomic mass is 10.1. The van der Waals surface area contributed by atoms with E-state index in [2.05, 4.69) is 15.4 Å². The Bertz CT molecular complexity index is 689. The number of carbonyl (C=O) groups is 2. The van der Waals surface area contributed by atoms with E-state index in [1.54, 1.807) is 17.0 Å². The van der Waals surface area contributed by atoms with Crippen molar-refractivity contribution < 1.29 is 18.7 Å². The second-order valence-corrected chi connectivity index (χ2v) is 6.40. The molecule has 3 rings (SSSR count). The summed E-state index contributed by atoms with van der Waals surface area (Å²) in [5.74, 6) is -0.737. The van der Waals surface area contributed by atoms with Crippen molar-refractivity contribution in [1.29, 1.82) is 0 Å². The Labute approximate surface area is 151 Å². The molecule has 2 heterocycles. The topological polar surface area (TPSA) is 74.2 Å². The van der Waals surface area contributed by atoms with Crippen LogP contribution in [0.5, 0.6) is 0 Å². The number of ether oxygens (including phenoxy) is 1. The first-order chi connectivity index (χ1) is 12.6. The highest BCUT2D eigenvalue weighted by molar-refractivity contribution is 6.39. The van der Waals surface area contributed by atoms with Crippen molar-refractivity contribution in [3.05, 3.63) is 35.6 Å². The van der Waals surface area contributed by atoms with Crippen LogP contribution in [0.2, 0.25) is 0 Å². The highest BCUT2D eigenvalue weighted by Crippen LogP contribution is 2.11. The smallest absolute Gasteiger partial charge is 0.270 e. The molecule has 1 N–H and O–H groups in total. The zero-order chi connectivity index (χ0) is 18.4. The van der Waals surface area contributed by atoms with Crippen LogP contribution >= 0.6 is 0 Å². The number of carbonyl (C=O) groups excluding carboxylic acids is 2. The van der Waals surface area contributed by atoms with Crippen molar-refractivity contribution >= 4 is 17.5 Å². The van der Waals surface area contributed by atoms with Gasteiger partial charge in [-0.3, -0.25) is 14.5 Å². The summed E-state index contributed by atoms with van der Waals surface area (Å²) in [7, 11) is 0. The molecule has 8 heteroatoms. The Balaban J connectivity index is 1.69. The van der Waals surface area contributed by atoms with Gasteiger partial charge in [0.15, 0.2) is 0 Å². The van der Waals surface area contributed by atoms with Gasteiger partial charge in [-0.2, -0.15) is 5.10 Å². The van der Waals surface area contributed by atoms with E-state index in [1.165, 1.54) is 12.1 Å². The minimum absolute atomic E-state index is 0.188. The predicted molar refractivity (Wildman–Crippen MR) is 93.9 cm³/mol. The lowest BCUT2D eigenvalue weighted by Gasteiger charge is -2.30. The Morgan fingerprint density at radius 3 is 2.81 bits per heavy atom. The lowest BCUT2D eigenvalue weighted by Crippen LogP contribution is -2.45. The minimum atomic E-state index is -0.328. The van der Waals surface area contributed by atoms with Crippen LogP contribution in [-0.4, -0.2) is 66.7 Å². The molecule has 2 aliphatic heterocycles. The van der Waals surface area contributed by atoms with Crippen LogP contribution in [0.25, 0.3) is 0 Å². The third kappa shape index (κ3) is 5.09. The van der Waals surface area contributed by atoms with Crippen LogP contribution in [0, 0.1) is 5.82 Å². The molecule has 1 saturated heterocycles. The second-order valence-electron chi connectivity index (χ2n) is 6.40. The maximum absolute atomic E-state index is 13.5. The van der Waals surface area contributed by atoms with Gasteiger partial charge in [0, 0.05) is 45.6 Å². The van der Waals surface area contributed by atoms with E-state index >= 15 is 0 Å². The molecule has 0 radical (unpaired) electrons. The molecule has 1 fully saturated rings. The first-order valence-electron chi connectivity index (χ1n) is 8.81. The van der Waals surface area contributed by atoms with Crippen molar-refractivity contribution in [2.75, 3.05) is 39.4 Å². The molecule has 0 saturated carbocycles. The van der Waals surface area contributed by atoms with E-state index in [0.717, 1.165) is 18.7 Å². The van der Waals surface area contributed by atoms with Crippen molar-refractivity contribution in [3.8, 4) is 0 Å². The van der Waals surface area contributed by atoms with Gasteiger partial charge in [0.25, 0.3) is 5.91 Å². The molecule has 2 aliphatic rings. The fourth-order valence-corrected chi connectivity index (χ4v) is 3.01. The summed E-state index contributed by atoms with van der Waals surface area (Å²) in [6, 6.07) is 6.24. The molecule has 2 amide bonds. The highest BCUT2D eigenvalue weighted by Gasteiger charge is 2.24. The summed E-state index contributed by atoms with van der Waals surface area (Å²) in [6.07, 6.45) is 0.573. The highest BCUT2D eigenvalue weighted by atomic mass is 19.1. The molecular weight excluding hydrogens is 339 g/mol. The lowest BCUT2D eigenvalue weighted by molar-refractivity contribution is -0.125. The normalized spacial score (nSPS) is 18.2. The largest absolute Gasteiger partial charge is 0.379 e. The molecule has 7 nitrogen and oxygen atoms in total. The maximum Gasteiger partial charge on any atom is 0.270 e. The van der Waals surface area contributed by atoms with Crippen LogP contribution in [0.15, 0.2) is 29.4 Å². The summed E-state index contributed by atoms with van der Waals surface area (Å²) in [5.41, 5.74) is 3.42. The molecule has 0 spiro atoms. The van der Waals surface area contributed by atoms with Crippen molar-refractivity contribution in [2.45, 2.75) is 19.4 Å². The summed E-state index contributed by atoms with van der Waals surface area (Å²) < 4.78 is 18.8. The molecule has 0 aromatic heterocycles. The number of rotatable bonds is 6.